The van der Waals surface area contributed by atoms with Crippen molar-refractivity contribution in [3.63, 3.8) is 0 Å². The van der Waals surface area contributed by atoms with Gasteiger partial charge in [0, 0.05) is 54.7 Å². The van der Waals surface area contributed by atoms with E-state index in [0.29, 0.717) is 5.92 Å². The Kier molecular flexibility index (Phi) is 4.73. The average Bonchev–Trinajstić information content (AvgIpc) is 3.02. The van der Waals surface area contributed by atoms with Crippen molar-refractivity contribution in [3.05, 3.63) is 39.8 Å². The van der Waals surface area contributed by atoms with Gasteiger partial charge < -0.3 is 4.74 Å². The lowest BCUT2D eigenvalue weighted by Gasteiger charge is -2.23. The maximum absolute atomic E-state index is 5.66. The number of aryl methyl sites for hydroxylation is 1. The molecular formula is C16H23N3OS. The molecule has 2 aromatic rings. The summed E-state index contributed by atoms with van der Waals surface area (Å²) in [4.78, 5) is 5.35. The van der Waals surface area contributed by atoms with Crippen molar-refractivity contribution in [2.24, 2.45) is 5.92 Å². The van der Waals surface area contributed by atoms with Gasteiger partial charge in [-0.15, -0.1) is 11.3 Å². The van der Waals surface area contributed by atoms with Crippen molar-refractivity contribution in [2.45, 2.75) is 33.5 Å². The fourth-order valence-electron chi connectivity index (χ4n) is 2.92. The normalized spacial score (nSPS) is 19.4. The number of aromatic nitrogens is 2. The van der Waals surface area contributed by atoms with Crippen LogP contribution in [-0.2, 0) is 24.4 Å². The van der Waals surface area contributed by atoms with Crippen molar-refractivity contribution in [2.75, 3.05) is 19.8 Å². The Labute approximate surface area is 130 Å². The van der Waals surface area contributed by atoms with Crippen LogP contribution in [0.4, 0.5) is 0 Å². The maximum Gasteiger partial charge on any atom is 0.0524 e. The molecule has 0 bridgehead atoms. The summed E-state index contributed by atoms with van der Waals surface area (Å²) in [7, 11) is 0. The highest BCUT2D eigenvalue weighted by Crippen LogP contribution is 2.22. The molecule has 3 heterocycles. The van der Waals surface area contributed by atoms with Crippen molar-refractivity contribution >= 4 is 11.3 Å². The van der Waals surface area contributed by atoms with Gasteiger partial charge in [0.05, 0.1) is 12.3 Å². The van der Waals surface area contributed by atoms with E-state index in [4.69, 9.17) is 4.74 Å². The van der Waals surface area contributed by atoms with Crippen LogP contribution in [0.5, 0.6) is 0 Å². The summed E-state index contributed by atoms with van der Waals surface area (Å²) in [6.45, 7) is 9.85. The van der Waals surface area contributed by atoms with Crippen LogP contribution in [0.3, 0.4) is 0 Å². The second-order valence-corrected chi connectivity index (χ2v) is 7.08. The Hall–Kier alpha value is -1.17. The summed E-state index contributed by atoms with van der Waals surface area (Å²) >= 11 is 1.90. The highest BCUT2D eigenvalue weighted by molar-refractivity contribution is 7.11. The van der Waals surface area contributed by atoms with Gasteiger partial charge in [-0.2, -0.15) is 5.10 Å². The predicted molar refractivity (Wildman–Crippen MR) is 85.4 cm³/mol. The smallest absolute Gasteiger partial charge is 0.0524 e. The van der Waals surface area contributed by atoms with Crippen LogP contribution in [0.1, 0.15) is 22.4 Å². The molecule has 1 aliphatic heterocycles. The summed E-state index contributed by atoms with van der Waals surface area (Å²) in [6.07, 6.45) is 1.91. The van der Waals surface area contributed by atoms with E-state index in [1.165, 1.54) is 15.4 Å². The number of rotatable bonds is 5. The number of ether oxygens (including phenoxy) is 1. The third kappa shape index (κ3) is 3.73. The Morgan fingerprint density at radius 1 is 1.33 bits per heavy atom. The Morgan fingerprint density at radius 2 is 2.24 bits per heavy atom. The minimum atomic E-state index is 0.507. The zero-order valence-electron chi connectivity index (χ0n) is 12.8. The zero-order valence-corrected chi connectivity index (χ0v) is 13.6. The molecule has 0 spiro atoms. The number of thiophene rings is 1. The molecular weight excluding hydrogens is 282 g/mol. The molecule has 0 amide bonds. The van der Waals surface area contributed by atoms with E-state index < -0.39 is 0 Å². The van der Waals surface area contributed by atoms with E-state index in [9.17, 15) is 0 Å². The molecule has 0 unspecified atom stereocenters. The number of hydrogen-bond donors (Lipinski definition) is 0. The van der Waals surface area contributed by atoms with E-state index in [1.807, 2.05) is 17.5 Å². The molecule has 0 aliphatic carbocycles. The van der Waals surface area contributed by atoms with Gasteiger partial charge in [0.25, 0.3) is 0 Å². The van der Waals surface area contributed by atoms with E-state index >= 15 is 0 Å². The van der Waals surface area contributed by atoms with Crippen LogP contribution in [0.15, 0.2) is 24.4 Å². The van der Waals surface area contributed by atoms with Gasteiger partial charge in [-0.25, -0.2) is 0 Å². The lowest BCUT2D eigenvalue weighted by atomic mass is 10.1. The third-order valence-electron chi connectivity index (χ3n) is 3.87. The maximum atomic E-state index is 5.66. The summed E-state index contributed by atoms with van der Waals surface area (Å²) in [6, 6.07) is 6.59. The van der Waals surface area contributed by atoms with Gasteiger partial charge in [-0.3, -0.25) is 9.58 Å². The topological polar surface area (TPSA) is 30.3 Å². The lowest BCUT2D eigenvalue weighted by molar-refractivity contribution is 0.0843. The van der Waals surface area contributed by atoms with Crippen LogP contribution in [-0.4, -0.2) is 34.4 Å². The van der Waals surface area contributed by atoms with Gasteiger partial charge in [0.2, 0.25) is 0 Å². The molecule has 0 aromatic carbocycles. The number of nitrogens with zero attached hydrogens (tertiary/aromatic N) is 3. The second-order valence-electron chi connectivity index (χ2n) is 5.71. The molecule has 0 saturated heterocycles. The molecule has 0 radical (unpaired) electrons. The van der Waals surface area contributed by atoms with E-state index in [-0.39, 0.29) is 0 Å². The average molecular weight is 305 g/mol. The molecule has 2 aromatic heterocycles. The number of fused-ring (bicyclic) bond motifs is 1. The van der Waals surface area contributed by atoms with Gasteiger partial charge in [-0.05, 0) is 32.0 Å². The predicted octanol–water partition coefficient (Wildman–Crippen LogP) is 2.92. The largest absolute Gasteiger partial charge is 0.381 e. The first-order valence-electron chi connectivity index (χ1n) is 7.60. The molecule has 5 heteroatoms. The van der Waals surface area contributed by atoms with E-state index in [1.54, 1.807) is 0 Å². The Morgan fingerprint density at radius 3 is 3.00 bits per heavy atom. The molecule has 1 atom stereocenters. The molecule has 0 saturated carbocycles. The molecule has 0 fully saturated rings. The molecule has 0 N–H and O–H groups in total. The lowest BCUT2D eigenvalue weighted by Crippen LogP contribution is -2.29. The number of hydrogen-bond acceptors (Lipinski definition) is 4. The van der Waals surface area contributed by atoms with Gasteiger partial charge >= 0.3 is 0 Å². The third-order valence-corrected chi connectivity index (χ3v) is 4.86. The first-order valence-corrected chi connectivity index (χ1v) is 8.42. The van der Waals surface area contributed by atoms with Crippen molar-refractivity contribution in [3.8, 4) is 0 Å². The first kappa shape index (κ1) is 14.8. The van der Waals surface area contributed by atoms with Crippen molar-refractivity contribution < 1.29 is 4.74 Å². The fraction of sp³-hybridized carbons (Fsp3) is 0.562. The van der Waals surface area contributed by atoms with Crippen LogP contribution >= 0.6 is 11.3 Å². The van der Waals surface area contributed by atoms with Gasteiger partial charge in [0.15, 0.2) is 0 Å². The van der Waals surface area contributed by atoms with Gasteiger partial charge in [0.1, 0.15) is 0 Å². The second kappa shape index (κ2) is 6.73. The Bertz CT molecular complexity index is 578. The standard InChI is InChI=1S/C16H23N3OS/c1-3-20-12-14-8-18(11-16-5-4-13(2)21-16)10-15-6-7-17-19(15)9-14/h4-7,14H,3,8-12H2,1-2H3/t14-/m0/s1. The van der Waals surface area contributed by atoms with Crippen LogP contribution in [0, 0.1) is 12.8 Å². The van der Waals surface area contributed by atoms with Crippen molar-refractivity contribution in [1.82, 2.24) is 14.7 Å². The van der Waals surface area contributed by atoms with Crippen LogP contribution in [0.25, 0.3) is 0 Å². The quantitative estimate of drug-likeness (QED) is 0.851. The summed E-state index contributed by atoms with van der Waals surface area (Å²) in [5, 5.41) is 4.46. The van der Waals surface area contributed by atoms with Crippen LogP contribution in [0.2, 0.25) is 0 Å². The summed E-state index contributed by atoms with van der Waals surface area (Å²) in [5.74, 6) is 0.507. The van der Waals surface area contributed by atoms with Crippen molar-refractivity contribution in [1.29, 1.82) is 0 Å². The highest BCUT2D eigenvalue weighted by Gasteiger charge is 2.22. The molecule has 3 rings (SSSR count). The fourth-order valence-corrected chi connectivity index (χ4v) is 3.85. The zero-order chi connectivity index (χ0) is 14.7. The monoisotopic (exact) mass is 305 g/mol. The van der Waals surface area contributed by atoms with E-state index in [0.717, 1.165) is 39.4 Å². The minimum absolute atomic E-state index is 0.507. The summed E-state index contributed by atoms with van der Waals surface area (Å²) in [5.41, 5.74) is 1.31. The van der Waals surface area contributed by atoms with Gasteiger partial charge in [-0.1, -0.05) is 0 Å². The van der Waals surface area contributed by atoms with E-state index in [2.05, 4.69) is 46.7 Å². The SMILES string of the molecule is CCOC[C@H]1CN(Cc2ccc(C)s2)Cc2ccnn2C1. The first-order chi connectivity index (χ1) is 10.2. The summed E-state index contributed by atoms with van der Waals surface area (Å²) < 4.78 is 7.80. The minimum Gasteiger partial charge on any atom is -0.381 e. The molecule has 21 heavy (non-hydrogen) atoms. The molecule has 114 valence electrons. The highest BCUT2D eigenvalue weighted by atomic mass is 32.1. The molecule has 1 aliphatic rings. The van der Waals surface area contributed by atoms with Crippen LogP contribution < -0.4 is 0 Å². The Balaban J connectivity index is 1.73. The molecule has 4 nitrogen and oxygen atoms in total.